The summed E-state index contributed by atoms with van der Waals surface area (Å²) in [6.07, 6.45) is 4.60. The molecule has 0 unspecified atom stereocenters. The molecule has 0 radical (unpaired) electrons. The minimum absolute atomic E-state index is 0.117. The molecule has 2 amide bonds. The predicted molar refractivity (Wildman–Crippen MR) is 136 cm³/mol. The topological polar surface area (TPSA) is 107 Å². The highest BCUT2D eigenvalue weighted by Gasteiger charge is 2.56. The zero-order chi connectivity index (χ0) is 24.7. The standard InChI is InChI=1S/C26H29N5O3S/c1-16(2)12-22(30-11-5-8-21(23(30)32)29-35-18-9-10-18)24(33)31-15-26(13-17(31)14-27)19-6-3-4-7-20(19)28-25(26)34/h3-8,11,16-18,22,29H,9-10,12-13,15H2,1-2H3,(H,28,34)/t17-,22-,26-/m0/s1. The number of anilines is 2. The summed E-state index contributed by atoms with van der Waals surface area (Å²) in [5, 5.41) is 13.4. The van der Waals surface area contributed by atoms with E-state index in [-0.39, 0.29) is 36.3 Å². The Morgan fingerprint density at radius 3 is 2.74 bits per heavy atom. The first-order valence-electron chi connectivity index (χ1n) is 12.1. The largest absolute Gasteiger partial charge is 0.325 e. The number of para-hydroxylation sites is 1. The minimum atomic E-state index is -0.954. The summed E-state index contributed by atoms with van der Waals surface area (Å²) in [6.45, 7) is 4.13. The van der Waals surface area contributed by atoms with Gasteiger partial charge in [-0.1, -0.05) is 32.0 Å². The van der Waals surface area contributed by atoms with Gasteiger partial charge in [0, 0.05) is 30.1 Å². The van der Waals surface area contributed by atoms with E-state index >= 15 is 0 Å². The molecule has 1 spiro atoms. The first-order chi connectivity index (χ1) is 16.8. The van der Waals surface area contributed by atoms with Crippen LogP contribution in [-0.2, 0) is 15.0 Å². The van der Waals surface area contributed by atoms with Gasteiger partial charge in [0.05, 0.1) is 11.5 Å². The molecule has 3 heterocycles. The smallest absolute Gasteiger partial charge is 0.275 e. The highest BCUT2D eigenvalue weighted by molar-refractivity contribution is 8.01. The molecule has 35 heavy (non-hydrogen) atoms. The van der Waals surface area contributed by atoms with Crippen molar-refractivity contribution in [2.24, 2.45) is 5.92 Å². The third-order valence-corrected chi connectivity index (χ3v) is 8.21. The Hall–Kier alpha value is -3.25. The van der Waals surface area contributed by atoms with Gasteiger partial charge in [0.1, 0.15) is 17.8 Å². The molecule has 9 heteroatoms. The van der Waals surface area contributed by atoms with Crippen LogP contribution in [0.1, 0.15) is 51.1 Å². The maximum atomic E-state index is 14.0. The zero-order valence-corrected chi connectivity index (χ0v) is 20.7. The number of aromatic nitrogens is 1. The molecule has 182 valence electrons. The highest BCUT2D eigenvalue weighted by atomic mass is 32.2. The number of hydrogen-bond donors (Lipinski definition) is 2. The van der Waals surface area contributed by atoms with Crippen molar-refractivity contribution in [2.75, 3.05) is 16.6 Å². The molecule has 1 saturated carbocycles. The molecule has 8 nitrogen and oxygen atoms in total. The van der Waals surface area contributed by atoms with Crippen molar-refractivity contribution in [2.45, 2.75) is 62.3 Å². The van der Waals surface area contributed by atoms with E-state index in [2.05, 4.69) is 16.1 Å². The number of nitrogens with one attached hydrogen (secondary N) is 2. The Morgan fingerprint density at radius 1 is 1.26 bits per heavy atom. The quantitative estimate of drug-likeness (QED) is 0.573. The number of fused-ring (bicyclic) bond motifs is 2. The Balaban J connectivity index is 1.48. The Morgan fingerprint density at radius 2 is 2.03 bits per heavy atom. The summed E-state index contributed by atoms with van der Waals surface area (Å²) in [7, 11) is 0. The number of benzene rings is 1. The van der Waals surface area contributed by atoms with Gasteiger partial charge >= 0.3 is 0 Å². The first kappa shape index (κ1) is 23.5. The van der Waals surface area contributed by atoms with Crippen LogP contribution in [0.4, 0.5) is 11.4 Å². The van der Waals surface area contributed by atoms with Crippen molar-refractivity contribution in [1.82, 2.24) is 9.47 Å². The van der Waals surface area contributed by atoms with Crippen molar-refractivity contribution in [3.05, 3.63) is 58.5 Å². The van der Waals surface area contributed by atoms with E-state index in [4.69, 9.17) is 0 Å². The molecule has 2 N–H and O–H groups in total. The third-order valence-electron chi connectivity index (χ3n) is 7.07. The fourth-order valence-corrected chi connectivity index (χ4v) is 5.94. The summed E-state index contributed by atoms with van der Waals surface area (Å²) < 4.78 is 4.65. The van der Waals surface area contributed by atoms with Crippen LogP contribution in [0.15, 0.2) is 47.4 Å². The first-order valence-corrected chi connectivity index (χ1v) is 13.0. The molecule has 1 saturated heterocycles. The number of amides is 2. The fourth-order valence-electron chi connectivity index (χ4n) is 5.12. The molecular formula is C26H29N5O3S. The minimum Gasteiger partial charge on any atom is -0.325 e. The lowest BCUT2D eigenvalue weighted by molar-refractivity contribution is -0.135. The van der Waals surface area contributed by atoms with Crippen LogP contribution in [0, 0.1) is 17.2 Å². The lowest BCUT2D eigenvalue weighted by Gasteiger charge is -2.29. The van der Waals surface area contributed by atoms with Crippen LogP contribution in [0.2, 0.25) is 0 Å². The normalized spacial score (nSPS) is 23.8. The fraction of sp³-hybridized carbons (Fsp3) is 0.462. The van der Waals surface area contributed by atoms with Gasteiger partial charge in [0.15, 0.2) is 0 Å². The number of hydrogen-bond acceptors (Lipinski definition) is 6. The molecule has 3 aliphatic rings. The van der Waals surface area contributed by atoms with Gasteiger partial charge < -0.3 is 19.5 Å². The van der Waals surface area contributed by atoms with Crippen molar-refractivity contribution in [3.63, 3.8) is 0 Å². The lowest BCUT2D eigenvalue weighted by Crippen LogP contribution is -2.45. The maximum Gasteiger partial charge on any atom is 0.275 e. The molecule has 2 fully saturated rings. The molecule has 2 aromatic rings. The zero-order valence-electron chi connectivity index (χ0n) is 19.9. The summed E-state index contributed by atoms with van der Waals surface area (Å²) in [6, 6.07) is 11.7. The number of nitrogens with zero attached hydrogens (tertiary/aromatic N) is 3. The van der Waals surface area contributed by atoms with Crippen molar-refractivity contribution >= 4 is 35.1 Å². The van der Waals surface area contributed by atoms with Gasteiger partial charge in [0.2, 0.25) is 11.8 Å². The number of pyridine rings is 1. The summed E-state index contributed by atoms with van der Waals surface area (Å²) in [5.74, 6) is -0.343. The Labute approximate surface area is 208 Å². The van der Waals surface area contributed by atoms with Crippen molar-refractivity contribution in [3.8, 4) is 6.07 Å². The van der Waals surface area contributed by atoms with E-state index < -0.39 is 17.5 Å². The number of carbonyl (C=O) groups is 2. The highest BCUT2D eigenvalue weighted by Crippen LogP contribution is 2.46. The van der Waals surface area contributed by atoms with Gasteiger partial charge in [0.25, 0.3) is 5.56 Å². The van der Waals surface area contributed by atoms with Gasteiger partial charge in [-0.05, 0) is 60.9 Å². The summed E-state index contributed by atoms with van der Waals surface area (Å²) >= 11 is 1.54. The van der Waals surface area contributed by atoms with Gasteiger partial charge in [-0.15, -0.1) is 0 Å². The molecular weight excluding hydrogens is 462 g/mol. The van der Waals surface area contributed by atoms with Crippen LogP contribution in [0.3, 0.4) is 0 Å². The van der Waals surface area contributed by atoms with E-state index in [1.807, 2.05) is 38.1 Å². The third kappa shape index (κ3) is 4.20. The van der Waals surface area contributed by atoms with Gasteiger partial charge in [-0.25, -0.2) is 0 Å². The van der Waals surface area contributed by atoms with Crippen LogP contribution in [0.25, 0.3) is 0 Å². The Kier molecular flexibility index (Phi) is 6.09. The second kappa shape index (κ2) is 9.08. The number of carbonyl (C=O) groups excluding carboxylic acids is 2. The van der Waals surface area contributed by atoms with Crippen LogP contribution >= 0.6 is 11.9 Å². The van der Waals surface area contributed by atoms with E-state index in [0.29, 0.717) is 17.4 Å². The summed E-state index contributed by atoms with van der Waals surface area (Å²) in [5.41, 5.74) is 0.784. The van der Waals surface area contributed by atoms with E-state index in [9.17, 15) is 19.6 Å². The number of likely N-dealkylation sites (tertiary alicyclic amines) is 1. The average molecular weight is 492 g/mol. The van der Waals surface area contributed by atoms with Crippen LogP contribution in [0.5, 0.6) is 0 Å². The van der Waals surface area contributed by atoms with E-state index in [1.54, 1.807) is 30.3 Å². The van der Waals surface area contributed by atoms with Gasteiger partial charge in [-0.2, -0.15) is 5.26 Å². The molecule has 5 rings (SSSR count). The second-order valence-corrected chi connectivity index (χ2v) is 11.2. The molecule has 1 aromatic heterocycles. The van der Waals surface area contributed by atoms with Crippen LogP contribution in [-0.4, -0.2) is 39.1 Å². The molecule has 2 aliphatic heterocycles. The van der Waals surface area contributed by atoms with E-state index in [0.717, 1.165) is 24.1 Å². The Bertz CT molecular complexity index is 1260. The SMILES string of the molecule is CC(C)C[C@@H](C(=O)N1C[C@]2(C[C@H]1C#N)C(=O)Nc1ccccc12)n1cccc(NSC2CC2)c1=O. The predicted octanol–water partition coefficient (Wildman–Crippen LogP) is 3.67. The molecule has 0 bridgehead atoms. The average Bonchev–Trinajstić information content (AvgIpc) is 3.53. The molecule has 1 aliphatic carbocycles. The molecule has 1 aromatic carbocycles. The lowest BCUT2D eigenvalue weighted by atomic mass is 9.80. The monoisotopic (exact) mass is 491 g/mol. The van der Waals surface area contributed by atoms with Crippen molar-refractivity contribution in [1.29, 1.82) is 5.26 Å². The number of nitriles is 1. The number of rotatable bonds is 7. The van der Waals surface area contributed by atoms with Crippen LogP contribution < -0.4 is 15.6 Å². The van der Waals surface area contributed by atoms with E-state index in [1.165, 1.54) is 9.47 Å². The summed E-state index contributed by atoms with van der Waals surface area (Å²) in [4.78, 5) is 42.0. The van der Waals surface area contributed by atoms with Crippen molar-refractivity contribution < 1.29 is 9.59 Å². The van der Waals surface area contributed by atoms with Gasteiger partial charge in [-0.3, -0.25) is 14.4 Å². The second-order valence-electron chi connectivity index (χ2n) is 10.1. The molecule has 3 atom stereocenters. The maximum absolute atomic E-state index is 14.0.